The van der Waals surface area contributed by atoms with Crippen LogP contribution in [0.4, 0.5) is 0 Å². The maximum absolute atomic E-state index is 7.13. The highest BCUT2D eigenvalue weighted by atomic mass is 16.5. The van der Waals surface area contributed by atoms with E-state index in [0.29, 0.717) is 34.9 Å². The maximum atomic E-state index is 7.13. The van der Waals surface area contributed by atoms with Gasteiger partial charge in [0.05, 0.1) is 10.8 Å². The first-order valence-electron chi connectivity index (χ1n) is 42.3. The van der Waals surface area contributed by atoms with Crippen LogP contribution in [0.1, 0.15) is 44.5 Å². The molecule has 25 rings (SSSR count). The molecule has 125 heavy (non-hydrogen) atoms. The highest BCUT2D eigenvalue weighted by Gasteiger charge is 2.53. The molecule has 0 amide bonds. The first-order chi connectivity index (χ1) is 61.9. The number of hydrogen-bond donors (Lipinski definition) is 0. The van der Waals surface area contributed by atoms with Gasteiger partial charge in [-0.15, -0.1) is 0 Å². The molecule has 2 spiro atoms. The Bertz CT molecular complexity index is 7900. The number of ether oxygens (including phenoxy) is 2. The van der Waals surface area contributed by atoms with E-state index in [1.54, 1.807) is 0 Å². The summed E-state index contributed by atoms with van der Waals surface area (Å²) in [5, 5.41) is 2.16. The molecule has 9 nitrogen and oxygen atoms in total. The third-order valence-corrected chi connectivity index (χ3v) is 25.8. The summed E-state index contributed by atoms with van der Waals surface area (Å²) in [5.74, 6) is 6.63. The molecular formula is C116H70N6O3. The predicted molar refractivity (Wildman–Crippen MR) is 500 cm³/mol. The molecule has 3 aromatic heterocycles. The normalized spacial score (nSPS) is 13.1. The van der Waals surface area contributed by atoms with Crippen LogP contribution in [0.25, 0.3) is 179 Å². The second-order valence-electron chi connectivity index (χ2n) is 32.6. The van der Waals surface area contributed by atoms with E-state index in [2.05, 4.69) is 406 Å². The third kappa shape index (κ3) is 11.3. The van der Waals surface area contributed by atoms with Crippen LogP contribution < -0.4 is 9.47 Å². The first-order valence-corrected chi connectivity index (χ1v) is 42.3. The highest BCUT2D eigenvalue weighted by Crippen LogP contribution is 2.65. The van der Waals surface area contributed by atoms with Crippen molar-refractivity contribution in [3.05, 3.63) is 469 Å². The quantitative estimate of drug-likeness (QED) is 0.118. The van der Waals surface area contributed by atoms with Crippen LogP contribution in [0.2, 0.25) is 0 Å². The monoisotopic (exact) mass is 1590 g/mol. The molecule has 2 aliphatic carbocycles. The Morgan fingerprint density at radius 1 is 0.168 bits per heavy atom. The maximum Gasteiger partial charge on any atom is 0.164 e. The lowest BCUT2D eigenvalue weighted by Crippen LogP contribution is -2.32. The summed E-state index contributed by atoms with van der Waals surface area (Å²) in [4.78, 5) is 32.2. The van der Waals surface area contributed by atoms with E-state index >= 15 is 0 Å². The van der Waals surface area contributed by atoms with Crippen LogP contribution in [0.5, 0.6) is 23.0 Å². The molecule has 0 radical (unpaired) electrons. The Morgan fingerprint density at radius 2 is 0.432 bits per heavy atom. The van der Waals surface area contributed by atoms with Gasteiger partial charge in [0.15, 0.2) is 34.9 Å². The van der Waals surface area contributed by atoms with Crippen LogP contribution in [0.15, 0.2) is 429 Å². The molecule has 0 N–H and O–H groups in total. The molecule has 0 unspecified atom stereocenters. The number of fused-ring (bicyclic) bond motifs is 21. The largest absolute Gasteiger partial charge is 0.456 e. The van der Waals surface area contributed by atoms with Gasteiger partial charge in [-0.25, -0.2) is 29.9 Å². The molecule has 5 heterocycles. The van der Waals surface area contributed by atoms with E-state index in [0.717, 1.165) is 167 Å². The fourth-order valence-electron chi connectivity index (χ4n) is 20.1. The average Bonchev–Trinajstić information content (AvgIpc) is 1.53. The third-order valence-electron chi connectivity index (χ3n) is 25.8. The van der Waals surface area contributed by atoms with Crippen molar-refractivity contribution >= 4 is 21.9 Å². The van der Waals surface area contributed by atoms with E-state index in [1.165, 1.54) is 44.5 Å². The molecule has 4 aliphatic rings. The fourth-order valence-corrected chi connectivity index (χ4v) is 20.1. The van der Waals surface area contributed by atoms with Crippen LogP contribution in [0, 0.1) is 0 Å². The number of para-hydroxylation sites is 6. The number of hydrogen-bond acceptors (Lipinski definition) is 9. The molecule has 0 saturated carbocycles. The van der Waals surface area contributed by atoms with Crippen molar-refractivity contribution in [3.63, 3.8) is 0 Å². The molecule has 0 bridgehead atoms. The minimum atomic E-state index is -0.595. The van der Waals surface area contributed by atoms with Gasteiger partial charge in [-0.1, -0.05) is 382 Å². The zero-order chi connectivity index (χ0) is 82.3. The molecule has 0 atom stereocenters. The topological polar surface area (TPSA) is 109 Å². The summed E-state index contributed by atoms with van der Waals surface area (Å²) in [5.41, 5.74) is 32.2. The van der Waals surface area contributed by atoms with Gasteiger partial charge in [0.1, 0.15) is 34.2 Å². The number of benzene rings is 18. The zero-order valence-corrected chi connectivity index (χ0v) is 67.3. The van der Waals surface area contributed by atoms with Crippen molar-refractivity contribution in [1.82, 2.24) is 29.9 Å². The Hall–Kier alpha value is -16.6. The molecular weight excluding hydrogens is 1530 g/mol. The molecule has 18 aromatic carbocycles. The standard InChI is InChI=1S/C116H70N6O3/c1-2-25-71(26-3-1)78-27-19-32-83(68-78)113-120-111(77-65-59-74(60-66-77)88-42-24-51-102-108(88)125-105-54-17-14-49-100(105)116(102)97-46-11-6-37-91(97)92-38-7-12-47-98(92)116)121-114(122-113)85-34-21-31-82(70-85)80-29-18-28-79(67-80)81-30-20-33-84(69-81)112-118-109(75-61-55-72(56-62-75)86-40-22-43-94-93-39-8-15-52-103(93)123-106(86)94)117-110(119-112)76-63-57-73(58-64-76)87-41-23-50-101-107(87)124-104-53-16-13-48-99(104)115(101)95-44-9-4-35-89(95)90-36-5-10-45-96(90)115/h1-70H. The second kappa shape index (κ2) is 28.5. The number of nitrogens with zero attached hydrogens (tertiary/aromatic N) is 6. The van der Waals surface area contributed by atoms with Gasteiger partial charge in [-0.3, -0.25) is 0 Å². The predicted octanol–water partition coefficient (Wildman–Crippen LogP) is 28.9. The van der Waals surface area contributed by atoms with Gasteiger partial charge in [0.25, 0.3) is 0 Å². The van der Waals surface area contributed by atoms with E-state index in [9.17, 15) is 0 Å². The molecule has 0 saturated heterocycles. The van der Waals surface area contributed by atoms with Crippen LogP contribution >= 0.6 is 0 Å². The molecule has 21 aromatic rings. The van der Waals surface area contributed by atoms with Crippen molar-refractivity contribution in [1.29, 1.82) is 0 Å². The van der Waals surface area contributed by atoms with Gasteiger partial charge >= 0.3 is 0 Å². The van der Waals surface area contributed by atoms with Gasteiger partial charge < -0.3 is 13.9 Å². The van der Waals surface area contributed by atoms with E-state index in [1.807, 2.05) is 18.2 Å². The summed E-state index contributed by atoms with van der Waals surface area (Å²) in [6.45, 7) is 0. The lowest BCUT2D eigenvalue weighted by molar-refractivity contribution is 0.438. The number of rotatable bonds is 12. The van der Waals surface area contributed by atoms with E-state index < -0.39 is 10.8 Å². The molecule has 0 fully saturated rings. The first kappa shape index (κ1) is 71.3. The summed E-state index contributed by atoms with van der Waals surface area (Å²) >= 11 is 0. The second-order valence-corrected chi connectivity index (χ2v) is 32.6. The van der Waals surface area contributed by atoms with Crippen molar-refractivity contribution in [2.24, 2.45) is 0 Å². The Balaban J connectivity index is 0.564. The van der Waals surface area contributed by atoms with Gasteiger partial charge in [-0.2, -0.15) is 0 Å². The van der Waals surface area contributed by atoms with Crippen molar-refractivity contribution < 1.29 is 13.9 Å². The van der Waals surface area contributed by atoms with Crippen LogP contribution in [-0.2, 0) is 10.8 Å². The number of aromatic nitrogens is 6. The Morgan fingerprint density at radius 3 is 0.848 bits per heavy atom. The minimum Gasteiger partial charge on any atom is -0.456 e. The number of furan rings is 1. The zero-order valence-electron chi connectivity index (χ0n) is 67.3. The van der Waals surface area contributed by atoms with E-state index in [-0.39, 0.29) is 0 Å². The highest BCUT2D eigenvalue weighted by molar-refractivity contribution is 6.10. The molecule has 582 valence electrons. The minimum absolute atomic E-state index is 0.535. The van der Waals surface area contributed by atoms with Gasteiger partial charge in [-0.05, 0) is 137 Å². The summed E-state index contributed by atoms with van der Waals surface area (Å²) in [7, 11) is 0. The lowest BCUT2D eigenvalue weighted by atomic mass is 9.65. The lowest BCUT2D eigenvalue weighted by Gasteiger charge is -2.40. The summed E-state index contributed by atoms with van der Waals surface area (Å²) in [6.07, 6.45) is 0. The van der Waals surface area contributed by atoms with Crippen LogP contribution in [0.3, 0.4) is 0 Å². The Kier molecular flexibility index (Phi) is 16.3. The van der Waals surface area contributed by atoms with Crippen molar-refractivity contribution in [2.45, 2.75) is 10.8 Å². The van der Waals surface area contributed by atoms with Gasteiger partial charge in [0.2, 0.25) is 0 Å². The Labute approximate surface area is 721 Å². The molecule has 9 heteroatoms. The van der Waals surface area contributed by atoms with Crippen molar-refractivity contribution in [2.75, 3.05) is 0 Å². The SMILES string of the molecule is c1ccc(-c2cccc(-c3nc(-c4ccc(-c5cccc6c5Oc5ccccc5C65c6ccccc6-c6ccccc65)cc4)nc(-c4cccc(-c5cccc(-c6cccc(-c7nc(-c8ccc(-c9cccc%10c9Oc9ccccc9C%109c%10ccccc%10-c%10ccccc%109)cc8)nc(-c8ccc(-c9cccc%10c9oc9ccccc9%10)cc8)n7)c6)c5)c4)n3)c2)cc1. The smallest absolute Gasteiger partial charge is 0.164 e. The molecule has 2 aliphatic heterocycles. The summed E-state index contributed by atoms with van der Waals surface area (Å²) in [6, 6.07) is 150. The fraction of sp³-hybridized carbons (Fsp3) is 0.0172. The van der Waals surface area contributed by atoms with Gasteiger partial charge in [0, 0.05) is 83.1 Å². The van der Waals surface area contributed by atoms with E-state index in [4.69, 9.17) is 43.8 Å². The van der Waals surface area contributed by atoms with Crippen LogP contribution in [-0.4, -0.2) is 29.9 Å². The average molecular weight is 1600 g/mol. The summed E-state index contributed by atoms with van der Waals surface area (Å²) < 4.78 is 20.8. The van der Waals surface area contributed by atoms with Crippen molar-refractivity contribution in [3.8, 4) is 180 Å².